The summed E-state index contributed by atoms with van der Waals surface area (Å²) in [5.74, 6) is 0.555. The van der Waals surface area contributed by atoms with Gasteiger partial charge in [0, 0.05) is 5.69 Å². The van der Waals surface area contributed by atoms with Crippen molar-refractivity contribution in [2.45, 2.75) is 17.3 Å². The summed E-state index contributed by atoms with van der Waals surface area (Å²) in [5, 5.41) is 20.8. The van der Waals surface area contributed by atoms with Crippen molar-refractivity contribution in [3.05, 3.63) is 47.3 Å². The fraction of sp³-hybridized carbons (Fsp3) is 0.125. The number of aromatic nitrogens is 3. The summed E-state index contributed by atoms with van der Waals surface area (Å²) < 4.78 is 0. The Kier molecular flexibility index (Phi) is 4.93. The molecule has 2 aromatic heterocycles. The Morgan fingerprint density at radius 1 is 1.38 bits per heavy atom. The Morgan fingerprint density at radius 3 is 2.83 bits per heavy atom. The van der Waals surface area contributed by atoms with Crippen molar-refractivity contribution in [3.63, 3.8) is 0 Å². The van der Waals surface area contributed by atoms with Crippen LogP contribution in [0.2, 0.25) is 0 Å². The van der Waals surface area contributed by atoms with Crippen molar-refractivity contribution in [2.75, 3.05) is 5.32 Å². The largest absolute Gasteiger partial charge is 0.325 e. The zero-order valence-electron chi connectivity index (χ0n) is 12.7. The Labute approximate surface area is 146 Å². The first-order chi connectivity index (χ1) is 11.7. The molecule has 0 fully saturated rings. The highest BCUT2D eigenvalue weighted by molar-refractivity contribution is 8.00. The first-order valence-electron chi connectivity index (χ1n) is 7.09. The van der Waals surface area contributed by atoms with Crippen LogP contribution in [0, 0.1) is 11.3 Å². The molecule has 0 unspecified atom stereocenters. The van der Waals surface area contributed by atoms with Gasteiger partial charge < -0.3 is 5.32 Å². The second-order valence-electron chi connectivity index (χ2n) is 4.88. The SMILES string of the molecule is C[C@H](Sc1n[nH]c(-c2cccs2)n1)C(=O)Nc1ccc(C#N)cc1. The van der Waals surface area contributed by atoms with E-state index in [2.05, 4.69) is 20.5 Å². The first-order valence-corrected chi connectivity index (χ1v) is 8.85. The van der Waals surface area contributed by atoms with E-state index >= 15 is 0 Å². The fourth-order valence-corrected chi connectivity index (χ4v) is 3.29. The topological polar surface area (TPSA) is 94.5 Å². The van der Waals surface area contributed by atoms with E-state index in [1.54, 1.807) is 42.5 Å². The zero-order valence-corrected chi connectivity index (χ0v) is 14.3. The van der Waals surface area contributed by atoms with E-state index in [0.717, 1.165) is 4.88 Å². The third-order valence-corrected chi connectivity index (χ3v) is 4.99. The highest BCUT2D eigenvalue weighted by Crippen LogP contribution is 2.25. The Hall–Kier alpha value is -2.63. The van der Waals surface area contributed by atoms with Gasteiger partial charge in [-0.25, -0.2) is 4.98 Å². The van der Waals surface area contributed by atoms with Crippen LogP contribution in [-0.2, 0) is 4.79 Å². The van der Waals surface area contributed by atoms with Gasteiger partial charge in [0.05, 0.1) is 21.8 Å². The van der Waals surface area contributed by atoms with Crippen molar-refractivity contribution < 1.29 is 4.79 Å². The van der Waals surface area contributed by atoms with Gasteiger partial charge in [0.2, 0.25) is 11.1 Å². The minimum absolute atomic E-state index is 0.146. The lowest BCUT2D eigenvalue weighted by Crippen LogP contribution is -2.22. The number of amides is 1. The second-order valence-corrected chi connectivity index (χ2v) is 7.14. The van der Waals surface area contributed by atoms with E-state index in [1.807, 2.05) is 23.6 Å². The molecular formula is C16H13N5OS2. The van der Waals surface area contributed by atoms with Crippen LogP contribution in [0.15, 0.2) is 46.9 Å². The number of benzene rings is 1. The predicted molar refractivity (Wildman–Crippen MR) is 94.8 cm³/mol. The molecule has 2 heterocycles. The maximum absolute atomic E-state index is 12.2. The molecule has 24 heavy (non-hydrogen) atoms. The number of thiophene rings is 1. The number of nitrogens with one attached hydrogen (secondary N) is 2. The number of nitriles is 1. The molecule has 2 N–H and O–H groups in total. The van der Waals surface area contributed by atoms with E-state index < -0.39 is 0 Å². The fourth-order valence-electron chi connectivity index (χ4n) is 1.91. The molecule has 0 spiro atoms. The molecule has 0 aliphatic rings. The number of rotatable bonds is 5. The quantitative estimate of drug-likeness (QED) is 0.683. The van der Waals surface area contributed by atoms with Crippen molar-refractivity contribution in [3.8, 4) is 16.8 Å². The van der Waals surface area contributed by atoms with Crippen molar-refractivity contribution in [1.29, 1.82) is 5.26 Å². The summed E-state index contributed by atoms with van der Waals surface area (Å²) in [6.07, 6.45) is 0. The lowest BCUT2D eigenvalue weighted by molar-refractivity contribution is -0.115. The third kappa shape index (κ3) is 3.82. The van der Waals surface area contributed by atoms with Crippen LogP contribution in [0.5, 0.6) is 0 Å². The van der Waals surface area contributed by atoms with Crippen LogP contribution in [-0.4, -0.2) is 26.3 Å². The molecule has 8 heteroatoms. The van der Waals surface area contributed by atoms with Crippen LogP contribution in [0.1, 0.15) is 12.5 Å². The monoisotopic (exact) mass is 355 g/mol. The Bertz CT molecular complexity index is 865. The number of carbonyl (C=O) groups is 1. The highest BCUT2D eigenvalue weighted by Gasteiger charge is 2.17. The summed E-state index contributed by atoms with van der Waals surface area (Å²) in [4.78, 5) is 17.6. The van der Waals surface area contributed by atoms with Gasteiger partial charge in [0.1, 0.15) is 0 Å². The Balaban J connectivity index is 1.60. The summed E-state index contributed by atoms with van der Waals surface area (Å²) in [7, 11) is 0. The van der Waals surface area contributed by atoms with Crippen LogP contribution in [0.25, 0.3) is 10.7 Å². The molecule has 0 bridgehead atoms. The second kappa shape index (κ2) is 7.29. The summed E-state index contributed by atoms with van der Waals surface area (Å²) in [5.41, 5.74) is 1.21. The molecule has 3 aromatic rings. The van der Waals surface area contributed by atoms with Crippen LogP contribution >= 0.6 is 23.1 Å². The lowest BCUT2D eigenvalue weighted by Gasteiger charge is -2.10. The molecule has 3 rings (SSSR count). The molecule has 0 saturated heterocycles. The lowest BCUT2D eigenvalue weighted by atomic mass is 10.2. The van der Waals surface area contributed by atoms with E-state index in [9.17, 15) is 4.79 Å². The van der Waals surface area contributed by atoms with Gasteiger partial charge in [-0.05, 0) is 42.6 Å². The zero-order chi connectivity index (χ0) is 16.9. The van der Waals surface area contributed by atoms with Gasteiger partial charge >= 0.3 is 0 Å². The van der Waals surface area contributed by atoms with Crippen LogP contribution in [0.4, 0.5) is 5.69 Å². The van der Waals surface area contributed by atoms with Crippen molar-refractivity contribution in [2.24, 2.45) is 0 Å². The summed E-state index contributed by atoms with van der Waals surface area (Å²) >= 11 is 2.86. The van der Waals surface area contributed by atoms with Gasteiger partial charge in [-0.15, -0.1) is 16.4 Å². The van der Waals surface area contributed by atoms with Gasteiger partial charge in [-0.2, -0.15) is 5.26 Å². The molecule has 0 radical (unpaired) electrons. The number of hydrogen-bond acceptors (Lipinski definition) is 6. The predicted octanol–water partition coefficient (Wildman–Crippen LogP) is 3.52. The molecule has 1 amide bonds. The minimum Gasteiger partial charge on any atom is -0.325 e. The molecule has 0 aliphatic carbocycles. The molecule has 120 valence electrons. The summed E-state index contributed by atoms with van der Waals surface area (Å²) in [6.45, 7) is 1.80. The number of aromatic amines is 1. The number of H-pyrrole nitrogens is 1. The van der Waals surface area contributed by atoms with Crippen LogP contribution < -0.4 is 5.32 Å². The van der Waals surface area contributed by atoms with E-state index in [-0.39, 0.29) is 11.2 Å². The van der Waals surface area contributed by atoms with Crippen molar-refractivity contribution in [1.82, 2.24) is 15.2 Å². The minimum atomic E-state index is -0.354. The maximum atomic E-state index is 12.2. The van der Waals surface area contributed by atoms with E-state index in [0.29, 0.717) is 22.2 Å². The maximum Gasteiger partial charge on any atom is 0.237 e. The Morgan fingerprint density at radius 2 is 2.17 bits per heavy atom. The van der Waals surface area contributed by atoms with Crippen LogP contribution in [0.3, 0.4) is 0 Å². The molecular weight excluding hydrogens is 342 g/mol. The average molecular weight is 355 g/mol. The van der Waals surface area contributed by atoms with Gasteiger partial charge in [0.15, 0.2) is 5.82 Å². The normalized spacial score (nSPS) is 11.7. The van der Waals surface area contributed by atoms with Crippen molar-refractivity contribution >= 4 is 34.7 Å². The molecule has 6 nitrogen and oxygen atoms in total. The van der Waals surface area contributed by atoms with Gasteiger partial charge in [-0.3, -0.25) is 9.89 Å². The van der Waals surface area contributed by atoms with E-state index in [1.165, 1.54) is 11.8 Å². The molecule has 1 atom stereocenters. The molecule has 0 saturated carbocycles. The standard InChI is InChI=1S/C16H13N5OS2/c1-10(15(22)18-12-6-4-11(9-17)5-7-12)24-16-19-14(20-21-16)13-3-2-8-23-13/h2-8,10H,1H3,(H,18,22)(H,19,20,21)/t10-/m0/s1. The van der Waals surface area contributed by atoms with Gasteiger partial charge in [-0.1, -0.05) is 17.8 Å². The molecule has 0 aliphatic heterocycles. The number of carbonyl (C=O) groups excluding carboxylic acids is 1. The summed E-state index contributed by atoms with van der Waals surface area (Å²) in [6, 6.07) is 12.7. The number of thioether (sulfide) groups is 1. The third-order valence-electron chi connectivity index (χ3n) is 3.15. The van der Waals surface area contributed by atoms with E-state index in [4.69, 9.17) is 5.26 Å². The average Bonchev–Trinajstić information content (AvgIpc) is 3.26. The molecule has 1 aromatic carbocycles. The number of nitrogens with zero attached hydrogens (tertiary/aromatic N) is 3. The van der Waals surface area contributed by atoms with Gasteiger partial charge in [0.25, 0.3) is 0 Å². The number of hydrogen-bond donors (Lipinski definition) is 2. The first kappa shape index (κ1) is 16.2. The highest BCUT2D eigenvalue weighted by atomic mass is 32.2. The smallest absolute Gasteiger partial charge is 0.237 e. The number of anilines is 1.